The van der Waals surface area contributed by atoms with E-state index in [0.717, 1.165) is 4.90 Å². The summed E-state index contributed by atoms with van der Waals surface area (Å²) in [5.41, 5.74) is -1.02. The molecule has 2 aliphatic rings. The standard InChI is InChI=1S/C35H56N4O11/c1-21(2)26-18-48-19-27(40)28(41)20-49-23-14-12-22(13-15-23)17-25(29(42)36-26)38-32(46)37-24(30(43)44)11-9-10-16-39(31(45)34(3,4)5)33(47)50-35(6,7)8/h12-15,21,24-28,40-41H,9-11,16-20H2,1-8H3,(H,36,42)(H,43,44)(H2,37,38,46)/t24?,25-,26-,27?,28?/m1/s1. The number of fused-ring (bicyclic) bond motifs is 13. The molecule has 2 bridgehead atoms. The van der Waals surface area contributed by atoms with Crippen molar-refractivity contribution in [1.29, 1.82) is 0 Å². The minimum Gasteiger partial charge on any atom is -0.491 e. The molecule has 15 heteroatoms. The van der Waals surface area contributed by atoms with Gasteiger partial charge in [0, 0.05) is 18.4 Å². The molecule has 2 heterocycles. The number of carbonyl (C=O) groups excluding carboxylic acids is 4. The molecule has 0 saturated carbocycles. The number of rotatable bonds is 9. The molecule has 3 unspecified atom stereocenters. The van der Waals surface area contributed by atoms with Gasteiger partial charge in [-0.2, -0.15) is 0 Å². The largest absolute Gasteiger partial charge is 0.491 e. The van der Waals surface area contributed by atoms with E-state index in [0.29, 0.717) is 11.3 Å². The zero-order valence-corrected chi connectivity index (χ0v) is 30.5. The summed E-state index contributed by atoms with van der Waals surface area (Å²) in [5.74, 6) is -1.94. The Bertz CT molecular complexity index is 1290. The van der Waals surface area contributed by atoms with Gasteiger partial charge in [-0.3, -0.25) is 9.59 Å². The van der Waals surface area contributed by atoms with Gasteiger partial charge >= 0.3 is 18.1 Å². The Kier molecular flexibility index (Phi) is 15.9. The molecule has 15 nitrogen and oxygen atoms in total. The molecular formula is C35H56N4O11. The number of carboxylic acid groups (broad SMARTS) is 1. The van der Waals surface area contributed by atoms with Gasteiger partial charge in [-0.15, -0.1) is 0 Å². The predicted octanol–water partition coefficient (Wildman–Crippen LogP) is 2.60. The summed E-state index contributed by atoms with van der Waals surface area (Å²) in [6.07, 6.45) is -2.65. The van der Waals surface area contributed by atoms with Crippen LogP contribution in [0.2, 0.25) is 0 Å². The summed E-state index contributed by atoms with van der Waals surface area (Å²) in [7, 11) is 0. The van der Waals surface area contributed by atoms with Crippen molar-refractivity contribution in [2.45, 2.75) is 117 Å². The minimum atomic E-state index is -1.33. The topological polar surface area (TPSA) is 213 Å². The average Bonchev–Trinajstić information content (AvgIpc) is 3.00. The fourth-order valence-corrected chi connectivity index (χ4v) is 4.80. The molecular weight excluding hydrogens is 652 g/mol. The first-order chi connectivity index (χ1) is 23.2. The molecule has 2 aliphatic heterocycles. The van der Waals surface area contributed by atoms with Gasteiger partial charge in [0.15, 0.2) is 0 Å². The summed E-state index contributed by atoms with van der Waals surface area (Å²) in [6, 6.07) is 2.82. The maximum absolute atomic E-state index is 13.5. The Hall–Kier alpha value is -3.95. The van der Waals surface area contributed by atoms with Crippen LogP contribution in [0.1, 0.15) is 80.2 Å². The van der Waals surface area contributed by atoms with Crippen LogP contribution in [0.15, 0.2) is 24.3 Å². The van der Waals surface area contributed by atoms with Gasteiger partial charge in [0.05, 0.1) is 19.3 Å². The molecule has 1 aromatic rings. The molecule has 282 valence electrons. The summed E-state index contributed by atoms with van der Waals surface area (Å²) in [4.78, 5) is 65.6. The highest BCUT2D eigenvalue weighted by atomic mass is 16.6. The molecule has 5 amide bonds. The third-order valence-corrected chi connectivity index (χ3v) is 7.80. The Balaban J connectivity index is 2.15. The van der Waals surface area contributed by atoms with Crippen molar-refractivity contribution >= 4 is 29.9 Å². The van der Waals surface area contributed by atoms with Crippen LogP contribution in [-0.2, 0) is 30.3 Å². The average molecular weight is 709 g/mol. The number of carbonyl (C=O) groups is 5. The lowest BCUT2D eigenvalue weighted by Crippen LogP contribution is -2.56. The number of aliphatic hydroxyl groups excluding tert-OH is 2. The highest BCUT2D eigenvalue weighted by Gasteiger charge is 2.34. The molecule has 0 radical (unpaired) electrons. The zero-order valence-electron chi connectivity index (χ0n) is 30.5. The van der Waals surface area contributed by atoms with Crippen LogP contribution in [0.3, 0.4) is 0 Å². The van der Waals surface area contributed by atoms with Crippen LogP contribution in [0.25, 0.3) is 0 Å². The third kappa shape index (κ3) is 14.5. The van der Waals surface area contributed by atoms with Gasteiger partial charge in [0.2, 0.25) is 11.8 Å². The number of urea groups is 1. The predicted molar refractivity (Wildman–Crippen MR) is 183 cm³/mol. The molecule has 50 heavy (non-hydrogen) atoms. The number of hydrogen-bond donors (Lipinski definition) is 6. The van der Waals surface area contributed by atoms with E-state index in [4.69, 9.17) is 14.2 Å². The number of ether oxygens (including phenoxy) is 3. The Morgan fingerprint density at radius 3 is 2.16 bits per heavy atom. The van der Waals surface area contributed by atoms with Crippen LogP contribution in [0, 0.1) is 11.3 Å². The summed E-state index contributed by atoms with van der Waals surface area (Å²) in [6.45, 7) is 13.5. The van der Waals surface area contributed by atoms with Gasteiger partial charge in [-0.1, -0.05) is 46.8 Å². The van der Waals surface area contributed by atoms with Crippen molar-refractivity contribution in [3.63, 3.8) is 0 Å². The van der Waals surface area contributed by atoms with E-state index in [2.05, 4.69) is 16.0 Å². The first kappa shape index (κ1) is 42.2. The molecule has 3 rings (SSSR count). The lowest BCUT2D eigenvalue weighted by atomic mass is 9.94. The number of nitrogens with zero attached hydrogens (tertiary/aromatic N) is 1. The maximum Gasteiger partial charge on any atom is 0.417 e. The lowest BCUT2D eigenvalue weighted by Gasteiger charge is -2.30. The van der Waals surface area contributed by atoms with Crippen LogP contribution in [0.5, 0.6) is 5.75 Å². The monoisotopic (exact) mass is 708 g/mol. The number of carboxylic acids is 1. The fraction of sp³-hybridized carbons (Fsp3) is 0.686. The van der Waals surface area contributed by atoms with Crippen molar-refractivity contribution in [1.82, 2.24) is 20.9 Å². The smallest absolute Gasteiger partial charge is 0.417 e. The van der Waals surface area contributed by atoms with E-state index in [1.165, 1.54) is 0 Å². The summed E-state index contributed by atoms with van der Waals surface area (Å²) >= 11 is 0. The quantitative estimate of drug-likeness (QED) is 0.205. The van der Waals surface area contributed by atoms with E-state index < -0.39 is 71.3 Å². The molecule has 5 atom stereocenters. The van der Waals surface area contributed by atoms with Crippen molar-refractivity contribution < 1.29 is 53.5 Å². The summed E-state index contributed by atoms with van der Waals surface area (Å²) < 4.78 is 16.6. The number of nitrogens with one attached hydrogen (secondary N) is 3. The first-order valence-electron chi connectivity index (χ1n) is 17.0. The lowest BCUT2D eigenvalue weighted by molar-refractivity contribution is -0.140. The van der Waals surface area contributed by atoms with Crippen molar-refractivity contribution in [3.8, 4) is 5.75 Å². The van der Waals surface area contributed by atoms with Crippen LogP contribution >= 0.6 is 0 Å². The highest BCUT2D eigenvalue weighted by molar-refractivity contribution is 5.95. The second kappa shape index (κ2) is 18.9. The van der Waals surface area contributed by atoms with Gasteiger partial charge in [0.1, 0.15) is 42.2 Å². The Morgan fingerprint density at radius 1 is 0.980 bits per heavy atom. The number of aliphatic carboxylic acids is 1. The fourth-order valence-electron chi connectivity index (χ4n) is 4.80. The molecule has 6 N–H and O–H groups in total. The number of imide groups is 1. The third-order valence-electron chi connectivity index (χ3n) is 7.80. The normalized spacial score (nSPS) is 21.4. The van der Waals surface area contributed by atoms with E-state index in [9.17, 15) is 39.3 Å². The molecule has 1 aromatic carbocycles. The van der Waals surface area contributed by atoms with Gasteiger partial charge < -0.3 is 45.5 Å². The number of hydrogen-bond acceptors (Lipinski definition) is 10. The molecule has 0 spiro atoms. The second-order valence-electron chi connectivity index (χ2n) is 14.9. The Labute approximate surface area is 294 Å². The maximum atomic E-state index is 13.5. The van der Waals surface area contributed by atoms with Crippen LogP contribution in [0.4, 0.5) is 9.59 Å². The van der Waals surface area contributed by atoms with E-state index in [1.807, 2.05) is 13.8 Å². The number of unbranched alkanes of at least 4 members (excludes halogenated alkanes) is 1. The summed E-state index contributed by atoms with van der Waals surface area (Å²) in [5, 5.41) is 38.3. The molecule has 0 aliphatic carbocycles. The Morgan fingerprint density at radius 2 is 1.60 bits per heavy atom. The second-order valence-corrected chi connectivity index (χ2v) is 14.9. The van der Waals surface area contributed by atoms with Crippen LogP contribution in [-0.4, -0.2) is 112 Å². The first-order valence-corrected chi connectivity index (χ1v) is 17.0. The molecule has 0 saturated heterocycles. The zero-order chi connectivity index (χ0) is 37.8. The van der Waals surface area contributed by atoms with Crippen LogP contribution < -0.4 is 20.7 Å². The minimum absolute atomic E-state index is 0.00407. The van der Waals surface area contributed by atoms with Crippen molar-refractivity contribution in [2.24, 2.45) is 11.3 Å². The molecule has 0 fully saturated rings. The van der Waals surface area contributed by atoms with Crippen molar-refractivity contribution in [2.75, 3.05) is 26.4 Å². The number of amides is 5. The number of benzene rings is 1. The highest BCUT2D eigenvalue weighted by Crippen LogP contribution is 2.21. The van der Waals surface area contributed by atoms with E-state index in [-0.39, 0.29) is 58.0 Å². The van der Waals surface area contributed by atoms with Gasteiger partial charge in [0.25, 0.3) is 0 Å². The SMILES string of the molecule is CC(C)[C@H]1COCC(O)C(O)COc2ccc(cc2)C[C@@H](NC(=O)NC(CCCCN(C(=O)OC(C)(C)C)C(=O)C(C)(C)C)C(=O)O)C(=O)N1. The van der Waals surface area contributed by atoms with Gasteiger partial charge in [-0.05, 0) is 63.6 Å². The molecule has 0 aromatic heterocycles. The van der Waals surface area contributed by atoms with Gasteiger partial charge in [-0.25, -0.2) is 19.3 Å². The van der Waals surface area contributed by atoms with E-state index in [1.54, 1.807) is 65.8 Å². The van der Waals surface area contributed by atoms with E-state index >= 15 is 0 Å². The number of aliphatic hydroxyl groups is 2. The van der Waals surface area contributed by atoms with Crippen molar-refractivity contribution in [3.05, 3.63) is 29.8 Å².